The number of amides is 3. The fourth-order valence-electron chi connectivity index (χ4n) is 5.08. The van der Waals surface area contributed by atoms with Gasteiger partial charge < -0.3 is 16.0 Å². The molecule has 0 saturated heterocycles. The normalized spacial score (nSPS) is 11.7. The molecule has 12 heteroatoms. The monoisotopic (exact) mass is 725 g/mol. The third-order valence-corrected chi connectivity index (χ3v) is 9.77. The molecule has 6 rings (SSSR count). The molecule has 6 aromatic rings. The van der Waals surface area contributed by atoms with E-state index in [1.54, 1.807) is 60.7 Å². The van der Waals surface area contributed by atoms with Gasteiger partial charge in [0.2, 0.25) is 5.91 Å². The number of para-hydroxylation sites is 1. The van der Waals surface area contributed by atoms with Crippen LogP contribution >= 0.6 is 23.1 Å². The maximum absolute atomic E-state index is 13.7. The van der Waals surface area contributed by atoms with Crippen LogP contribution in [0.25, 0.3) is 17.3 Å². The summed E-state index contributed by atoms with van der Waals surface area (Å²) in [5.74, 6) is -1.48. The first-order valence-electron chi connectivity index (χ1n) is 16.0. The number of nitrogens with zero attached hydrogens (tertiary/aromatic N) is 2. The molecule has 10 nitrogen and oxygen atoms in total. The second-order valence-corrected chi connectivity index (χ2v) is 13.5. The van der Waals surface area contributed by atoms with E-state index in [0.29, 0.717) is 16.4 Å². The maximum Gasteiger partial charge on any atom is 0.276 e. The van der Waals surface area contributed by atoms with E-state index in [1.807, 2.05) is 66.9 Å². The van der Waals surface area contributed by atoms with Crippen molar-refractivity contribution in [3.63, 3.8) is 0 Å². The highest BCUT2D eigenvalue weighted by atomic mass is 32.2. The van der Waals surface area contributed by atoms with Crippen LogP contribution in [0, 0.1) is 17.0 Å². The van der Waals surface area contributed by atoms with E-state index in [1.165, 1.54) is 47.4 Å². The second-order valence-electron chi connectivity index (χ2n) is 11.5. The molecule has 0 saturated carbocycles. The minimum atomic E-state index is -0.683. The first-order valence-corrected chi connectivity index (χ1v) is 17.8. The standard InChI is InChI=1S/C40H31N5O5S2/c1-26-16-18-27(19-17-26)34-25-51-40(43-34)44-39(48)36(28-10-4-2-5-11-28)52-32-22-20-31(21-23-32)41-38(47)33(42-37(46)29-12-6-3-7-13-29)24-30-14-8-9-15-35(30)45(49)50/h2-25,36H,1H3,(H,41,47)(H,42,46)(H,43,44,48)/b33-24-. The van der Waals surface area contributed by atoms with Crippen molar-refractivity contribution >= 4 is 63.4 Å². The summed E-state index contributed by atoms with van der Waals surface area (Å²) in [4.78, 5) is 56.8. The topological polar surface area (TPSA) is 143 Å². The summed E-state index contributed by atoms with van der Waals surface area (Å²) in [6.45, 7) is 2.02. The number of hydrogen-bond donors (Lipinski definition) is 3. The number of nitro groups is 1. The summed E-state index contributed by atoms with van der Waals surface area (Å²) < 4.78 is 0. The molecule has 0 bridgehead atoms. The number of rotatable bonds is 12. The van der Waals surface area contributed by atoms with Gasteiger partial charge in [0.15, 0.2) is 5.13 Å². The molecule has 52 heavy (non-hydrogen) atoms. The minimum absolute atomic E-state index is 0.145. The molecule has 3 amide bonds. The van der Waals surface area contributed by atoms with Crippen LogP contribution in [-0.4, -0.2) is 27.6 Å². The maximum atomic E-state index is 13.7. The molecular weight excluding hydrogens is 695 g/mol. The lowest BCUT2D eigenvalue weighted by atomic mass is 10.1. The highest BCUT2D eigenvalue weighted by molar-refractivity contribution is 8.00. The number of anilines is 2. The Morgan fingerprint density at radius 1 is 0.808 bits per heavy atom. The summed E-state index contributed by atoms with van der Waals surface area (Å²) >= 11 is 2.69. The Morgan fingerprint density at radius 3 is 2.15 bits per heavy atom. The minimum Gasteiger partial charge on any atom is -0.321 e. The van der Waals surface area contributed by atoms with Crippen molar-refractivity contribution in [3.05, 3.63) is 177 Å². The number of nitrogens with one attached hydrogen (secondary N) is 3. The molecule has 5 aromatic carbocycles. The largest absolute Gasteiger partial charge is 0.321 e. The van der Waals surface area contributed by atoms with Crippen LogP contribution in [-0.2, 0) is 9.59 Å². The highest BCUT2D eigenvalue weighted by Crippen LogP contribution is 2.37. The van der Waals surface area contributed by atoms with Crippen LogP contribution in [0.4, 0.5) is 16.5 Å². The number of aryl methyl sites for hydroxylation is 1. The van der Waals surface area contributed by atoms with Gasteiger partial charge in [-0.05, 0) is 61.0 Å². The van der Waals surface area contributed by atoms with Gasteiger partial charge in [-0.25, -0.2) is 4.98 Å². The van der Waals surface area contributed by atoms with Crippen LogP contribution in [0.1, 0.15) is 32.3 Å². The molecule has 0 aliphatic heterocycles. The highest BCUT2D eigenvalue weighted by Gasteiger charge is 2.24. The van der Waals surface area contributed by atoms with E-state index in [-0.39, 0.29) is 22.9 Å². The SMILES string of the molecule is Cc1ccc(-c2csc(NC(=O)C(Sc3ccc(NC(=O)/C(=C/c4ccccc4[N+](=O)[O-])NC(=O)c4ccccc4)cc3)c3ccccc3)n2)cc1. The van der Waals surface area contributed by atoms with E-state index in [0.717, 1.165) is 27.3 Å². The lowest BCUT2D eigenvalue weighted by molar-refractivity contribution is -0.385. The zero-order valence-electron chi connectivity index (χ0n) is 27.7. The Bertz CT molecular complexity index is 2240. The molecule has 0 aliphatic rings. The average molecular weight is 726 g/mol. The van der Waals surface area contributed by atoms with E-state index in [2.05, 4.69) is 20.9 Å². The Morgan fingerprint density at radius 2 is 1.46 bits per heavy atom. The summed E-state index contributed by atoms with van der Waals surface area (Å²) in [5, 5.41) is 21.8. The number of benzene rings is 5. The smallest absolute Gasteiger partial charge is 0.276 e. The van der Waals surface area contributed by atoms with Crippen molar-refractivity contribution in [3.8, 4) is 11.3 Å². The first kappa shape index (κ1) is 35.5. The van der Waals surface area contributed by atoms with Crippen LogP contribution in [0.2, 0.25) is 0 Å². The van der Waals surface area contributed by atoms with Crippen molar-refractivity contribution in [2.24, 2.45) is 0 Å². The fourth-order valence-corrected chi connectivity index (χ4v) is 6.83. The number of carbonyl (C=O) groups excluding carboxylic acids is 3. The number of aromatic nitrogens is 1. The summed E-state index contributed by atoms with van der Waals surface area (Å²) in [7, 11) is 0. The summed E-state index contributed by atoms with van der Waals surface area (Å²) in [5.41, 5.74) is 4.15. The van der Waals surface area contributed by atoms with Gasteiger partial charge in [0.05, 0.1) is 16.2 Å². The number of nitro benzene ring substituents is 1. The van der Waals surface area contributed by atoms with Gasteiger partial charge in [-0.3, -0.25) is 24.5 Å². The predicted molar refractivity (Wildman–Crippen MR) is 206 cm³/mol. The Balaban J connectivity index is 1.19. The zero-order chi connectivity index (χ0) is 36.5. The molecule has 258 valence electrons. The van der Waals surface area contributed by atoms with Crippen molar-refractivity contribution in [1.29, 1.82) is 0 Å². The quantitative estimate of drug-likeness (QED) is 0.0495. The predicted octanol–water partition coefficient (Wildman–Crippen LogP) is 8.91. The van der Waals surface area contributed by atoms with Crippen LogP contribution in [0.3, 0.4) is 0 Å². The van der Waals surface area contributed by atoms with Gasteiger partial charge in [0, 0.05) is 33.2 Å². The van der Waals surface area contributed by atoms with Gasteiger partial charge in [0.25, 0.3) is 17.5 Å². The Labute approximate surface area is 307 Å². The second kappa shape index (κ2) is 16.6. The van der Waals surface area contributed by atoms with Crippen molar-refractivity contribution in [2.45, 2.75) is 17.1 Å². The molecule has 1 aromatic heterocycles. The Kier molecular flexibility index (Phi) is 11.3. The third kappa shape index (κ3) is 9.04. The molecule has 3 N–H and O–H groups in total. The summed E-state index contributed by atoms with van der Waals surface area (Å²) in [6, 6.07) is 38.6. The molecule has 0 aliphatic carbocycles. The molecule has 0 radical (unpaired) electrons. The number of carbonyl (C=O) groups is 3. The molecule has 1 heterocycles. The van der Waals surface area contributed by atoms with Gasteiger partial charge in [-0.2, -0.15) is 0 Å². The van der Waals surface area contributed by atoms with E-state index in [9.17, 15) is 24.5 Å². The lowest BCUT2D eigenvalue weighted by Gasteiger charge is -2.17. The number of thioether (sulfide) groups is 1. The van der Waals surface area contributed by atoms with E-state index < -0.39 is 22.0 Å². The van der Waals surface area contributed by atoms with Crippen LogP contribution in [0.15, 0.2) is 149 Å². The summed E-state index contributed by atoms with van der Waals surface area (Å²) in [6.07, 6.45) is 1.27. The van der Waals surface area contributed by atoms with Crippen molar-refractivity contribution in [2.75, 3.05) is 10.6 Å². The van der Waals surface area contributed by atoms with Crippen LogP contribution < -0.4 is 16.0 Å². The van der Waals surface area contributed by atoms with Gasteiger partial charge in [-0.1, -0.05) is 90.5 Å². The number of thiazole rings is 1. The molecule has 0 spiro atoms. The van der Waals surface area contributed by atoms with E-state index in [4.69, 9.17) is 0 Å². The fraction of sp³-hybridized carbons (Fsp3) is 0.0500. The van der Waals surface area contributed by atoms with E-state index >= 15 is 0 Å². The lowest BCUT2D eigenvalue weighted by Crippen LogP contribution is -2.30. The molecule has 1 unspecified atom stereocenters. The van der Waals surface area contributed by atoms with Crippen molar-refractivity contribution in [1.82, 2.24) is 10.3 Å². The molecular formula is C40H31N5O5S2. The molecule has 1 atom stereocenters. The first-order chi connectivity index (χ1) is 25.2. The van der Waals surface area contributed by atoms with Gasteiger partial charge >= 0.3 is 0 Å². The third-order valence-electron chi connectivity index (χ3n) is 7.75. The van der Waals surface area contributed by atoms with Crippen molar-refractivity contribution < 1.29 is 19.3 Å². The van der Waals surface area contributed by atoms with Crippen LogP contribution in [0.5, 0.6) is 0 Å². The number of hydrogen-bond acceptors (Lipinski definition) is 8. The zero-order valence-corrected chi connectivity index (χ0v) is 29.3. The van der Waals surface area contributed by atoms with Gasteiger partial charge in [0.1, 0.15) is 10.9 Å². The molecule has 0 fully saturated rings. The Hall–Kier alpha value is -6.37. The average Bonchev–Trinajstić information content (AvgIpc) is 3.63. The van der Waals surface area contributed by atoms with Gasteiger partial charge in [-0.15, -0.1) is 23.1 Å².